The van der Waals surface area contributed by atoms with Crippen molar-refractivity contribution in [2.24, 2.45) is 0 Å². The minimum Gasteiger partial charge on any atom is -0.309 e. The molecular formula is C48H29N5S. The summed E-state index contributed by atoms with van der Waals surface area (Å²) in [6, 6.07) is 60.8. The summed E-state index contributed by atoms with van der Waals surface area (Å²) >= 11 is 1.82. The van der Waals surface area contributed by atoms with E-state index in [2.05, 4.69) is 183 Å². The first kappa shape index (κ1) is 29.5. The number of fused-ring (bicyclic) bond motifs is 12. The number of para-hydroxylation sites is 5. The van der Waals surface area contributed by atoms with Crippen molar-refractivity contribution in [3.8, 4) is 33.8 Å². The van der Waals surface area contributed by atoms with Gasteiger partial charge in [0.2, 0.25) is 5.78 Å². The van der Waals surface area contributed by atoms with Crippen LogP contribution in [0.3, 0.4) is 0 Å². The first-order valence-corrected chi connectivity index (χ1v) is 19.0. The highest BCUT2D eigenvalue weighted by molar-refractivity contribution is 7.26. The molecule has 5 aromatic heterocycles. The second-order valence-electron chi connectivity index (χ2n) is 13.8. The van der Waals surface area contributed by atoms with Crippen LogP contribution in [0.2, 0.25) is 0 Å². The lowest BCUT2D eigenvalue weighted by molar-refractivity contribution is 1.11. The summed E-state index contributed by atoms with van der Waals surface area (Å²) in [5.41, 5.74) is 13.3. The van der Waals surface area contributed by atoms with Crippen LogP contribution in [0.1, 0.15) is 0 Å². The minimum absolute atomic E-state index is 0.902. The monoisotopic (exact) mass is 707 g/mol. The summed E-state index contributed by atoms with van der Waals surface area (Å²) in [4.78, 5) is 10.3. The van der Waals surface area contributed by atoms with Crippen molar-refractivity contribution in [3.63, 3.8) is 0 Å². The van der Waals surface area contributed by atoms with Gasteiger partial charge >= 0.3 is 0 Å². The summed E-state index contributed by atoms with van der Waals surface area (Å²) in [5.74, 6) is 0.902. The Morgan fingerprint density at radius 3 is 2.04 bits per heavy atom. The van der Waals surface area contributed by atoms with Crippen molar-refractivity contribution in [1.29, 1.82) is 0 Å². The Labute approximate surface area is 313 Å². The summed E-state index contributed by atoms with van der Waals surface area (Å²) in [7, 11) is 0. The largest absolute Gasteiger partial charge is 0.309 e. The van der Waals surface area contributed by atoms with Gasteiger partial charge < -0.3 is 4.57 Å². The van der Waals surface area contributed by atoms with E-state index in [-0.39, 0.29) is 0 Å². The van der Waals surface area contributed by atoms with Gasteiger partial charge in [-0.2, -0.15) is 0 Å². The van der Waals surface area contributed by atoms with E-state index in [1.54, 1.807) is 0 Å². The lowest BCUT2D eigenvalue weighted by Gasteiger charge is -2.17. The number of pyridine rings is 1. The highest BCUT2D eigenvalue weighted by atomic mass is 32.1. The van der Waals surface area contributed by atoms with Crippen LogP contribution in [-0.4, -0.2) is 23.5 Å². The third-order valence-electron chi connectivity index (χ3n) is 10.9. The molecule has 12 rings (SSSR count). The number of thiophene rings is 1. The van der Waals surface area contributed by atoms with Gasteiger partial charge in [-0.05, 0) is 66.2 Å². The summed E-state index contributed by atoms with van der Waals surface area (Å²) < 4.78 is 9.59. The molecule has 5 heterocycles. The molecule has 0 spiro atoms. The van der Waals surface area contributed by atoms with E-state index in [1.165, 1.54) is 30.9 Å². The molecule has 0 N–H and O–H groups in total. The zero-order valence-corrected chi connectivity index (χ0v) is 29.7. The topological polar surface area (TPSA) is 40.0 Å². The van der Waals surface area contributed by atoms with E-state index >= 15 is 0 Å². The molecule has 0 aliphatic carbocycles. The van der Waals surface area contributed by atoms with E-state index in [0.717, 1.165) is 72.6 Å². The molecule has 0 amide bonds. The van der Waals surface area contributed by atoms with Crippen LogP contribution in [-0.2, 0) is 0 Å². The molecule has 0 bridgehead atoms. The van der Waals surface area contributed by atoms with Crippen molar-refractivity contribution < 1.29 is 0 Å². The highest BCUT2D eigenvalue weighted by Crippen LogP contribution is 2.45. The van der Waals surface area contributed by atoms with Crippen LogP contribution in [0.4, 0.5) is 0 Å². The zero-order valence-electron chi connectivity index (χ0n) is 28.9. The number of imidazole rings is 2. The molecule has 54 heavy (non-hydrogen) atoms. The molecule has 6 heteroatoms. The van der Waals surface area contributed by atoms with Gasteiger partial charge in [-0.25, -0.2) is 4.98 Å². The number of benzene rings is 7. The first-order valence-electron chi connectivity index (χ1n) is 18.2. The average Bonchev–Trinajstić information content (AvgIpc) is 3.98. The van der Waals surface area contributed by atoms with E-state index in [1.807, 2.05) is 17.5 Å². The van der Waals surface area contributed by atoms with Gasteiger partial charge in [0, 0.05) is 49.3 Å². The lowest BCUT2D eigenvalue weighted by atomic mass is 9.95. The Kier molecular flexibility index (Phi) is 6.15. The van der Waals surface area contributed by atoms with Gasteiger partial charge in [0.15, 0.2) is 0 Å². The van der Waals surface area contributed by atoms with Crippen molar-refractivity contribution in [3.05, 3.63) is 176 Å². The maximum absolute atomic E-state index is 5.22. The van der Waals surface area contributed by atoms with Gasteiger partial charge in [0.05, 0.1) is 49.2 Å². The Morgan fingerprint density at radius 1 is 0.463 bits per heavy atom. The number of rotatable bonds is 4. The number of nitrogens with zero attached hydrogens (tertiary/aromatic N) is 5. The standard InChI is InChI=1S/C48H29N5S/c1-2-14-30(15-3-1)51-42-27-26-41-44(46(42)53-40-24-12-9-21-37(40)50-48(51)53)36-20-7-11-23-39(36)52(41)38-22-10-6-17-32(38)31-16-4-5-19-34(31)45-47-35(28-29-49-45)33-18-8-13-25-43(33)54-47/h1-29H. The van der Waals surface area contributed by atoms with E-state index in [4.69, 9.17) is 9.97 Å². The van der Waals surface area contributed by atoms with Crippen molar-refractivity contribution in [1.82, 2.24) is 23.5 Å². The summed E-state index contributed by atoms with van der Waals surface area (Å²) in [5, 5.41) is 4.92. The van der Waals surface area contributed by atoms with Gasteiger partial charge in [0.1, 0.15) is 0 Å². The van der Waals surface area contributed by atoms with Crippen molar-refractivity contribution in [2.75, 3.05) is 0 Å². The van der Waals surface area contributed by atoms with Gasteiger partial charge in [-0.3, -0.25) is 14.0 Å². The number of hydrogen-bond donors (Lipinski definition) is 0. The summed E-state index contributed by atoms with van der Waals surface area (Å²) in [6.07, 6.45) is 1.96. The van der Waals surface area contributed by atoms with Crippen LogP contribution in [0.5, 0.6) is 0 Å². The normalized spacial score (nSPS) is 12.1. The molecule has 0 atom stereocenters. The Bertz CT molecular complexity index is 3450. The van der Waals surface area contributed by atoms with Crippen molar-refractivity contribution >= 4 is 81.2 Å². The Balaban J connectivity index is 1.18. The predicted molar refractivity (Wildman–Crippen MR) is 225 cm³/mol. The maximum atomic E-state index is 5.22. The molecule has 252 valence electrons. The molecule has 0 radical (unpaired) electrons. The lowest BCUT2D eigenvalue weighted by Crippen LogP contribution is -1.98. The van der Waals surface area contributed by atoms with E-state index in [9.17, 15) is 0 Å². The molecule has 0 saturated heterocycles. The maximum Gasteiger partial charge on any atom is 0.220 e. The second kappa shape index (κ2) is 11.2. The van der Waals surface area contributed by atoms with Crippen LogP contribution < -0.4 is 0 Å². The molecule has 12 aromatic rings. The fraction of sp³-hybridized carbons (Fsp3) is 0. The fourth-order valence-electron chi connectivity index (χ4n) is 8.69. The predicted octanol–water partition coefficient (Wildman–Crippen LogP) is 12.6. The smallest absolute Gasteiger partial charge is 0.220 e. The SMILES string of the molecule is c1ccc(-n2c3ccc4c(c5ccccc5n4-c4ccccc4-c4ccccc4-c4nccc5c4sc4ccccc45)c3n3c4ccccc4nc23)cc1. The second-order valence-corrected chi connectivity index (χ2v) is 14.8. The average molecular weight is 708 g/mol. The Hall–Kier alpha value is -7.02. The molecular weight excluding hydrogens is 679 g/mol. The first-order chi connectivity index (χ1) is 26.8. The van der Waals surface area contributed by atoms with Crippen LogP contribution >= 0.6 is 11.3 Å². The molecule has 5 nitrogen and oxygen atoms in total. The van der Waals surface area contributed by atoms with Gasteiger partial charge in [-0.1, -0.05) is 109 Å². The zero-order chi connectivity index (χ0) is 35.3. The van der Waals surface area contributed by atoms with Crippen LogP contribution in [0.25, 0.3) is 104 Å². The molecule has 0 unspecified atom stereocenters. The third-order valence-corrected chi connectivity index (χ3v) is 12.1. The number of aromatic nitrogens is 5. The number of hydrogen-bond acceptors (Lipinski definition) is 3. The van der Waals surface area contributed by atoms with Crippen molar-refractivity contribution in [2.45, 2.75) is 0 Å². The van der Waals surface area contributed by atoms with E-state index < -0.39 is 0 Å². The fourth-order valence-corrected chi connectivity index (χ4v) is 9.89. The molecule has 0 aliphatic rings. The van der Waals surface area contributed by atoms with Gasteiger partial charge in [0.25, 0.3) is 0 Å². The third kappa shape index (κ3) is 4.03. The molecule has 0 saturated carbocycles. The molecule has 0 aliphatic heterocycles. The van der Waals surface area contributed by atoms with Crippen LogP contribution in [0, 0.1) is 0 Å². The summed E-state index contributed by atoms with van der Waals surface area (Å²) in [6.45, 7) is 0. The highest BCUT2D eigenvalue weighted by Gasteiger charge is 2.24. The molecule has 0 fully saturated rings. The molecule has 7 aromatic carbocycles. The quantitative estimate of drug-likeness (QED) is 0.183. The van der Waals surface area contributed by atoms with Crippen LogP contribution in [0.15, 0.2) is 176 Å². The Morgan fingerprint density at radius 2 is 1.15 bits per heavy atom. The van der Waals surface area contributed by atoms with Gasteiger partial charge in [-0.15, -0.1) is 11.3 Å². The van der Waals surface area contributed by atoms with E-state index in [0.29, 0.717) is 0 Å². The minimum atomic E-state index is 0.902.